The quantitative estimate of drug-likeness (QED) is 0.663. The molecule has 4 rings (SSSR count). The summed E-state index contributed by atoms with van der Waals surface area (Å²) in [4.78, 5) is 0. The van der Waals surface area contributed by atoms with Crippen molar-refractivity contribution in [1.82, 2.24) is 5.32 Å². The Hall–Kier alpha value is -2.60. The highest BCUT2D eigenvalue weighted by Gasteiger charge is 2.27. The van der Waals surface area contributed by atoms with Gasteiger partial charge in [-0.05, 0) is 58.9 Å². The maximum atomic E-state index is 9.68. The highest BCUT2D eigenvalue weighted by molar-refractivity contribution is 6.61. The van der Waals surface area contributed by atoms with Gasteiger partial charge < -0.3 is 19.7 Å². The number of ether oxygens (including phenoxy) is 1. The van der Waals surface area contributed by atoms with Crippen molar-refractivity contribution in [2.75, 3.05) is 0 Å². The van der Waals surface area contributed by atoms with Gasteiger partial charge in [0, 0.05) is 13.1 Å². The lowest BCUT2D eigenvalue weighted by atomic mass is 9.80. The molecule has 0 atom stereocenters. The van der Waals surface area contributed by atoms with Gasteiger partial charge in [-0.15, -0.1) is 0 Å². The van der Waals surface area contributed by atoms with E-state index in [1.807, 2.05) is 30.3 Å². The van der Waals surface area contributed by atoms with Crippen LogP contribution in [0.25, 0.3) is 0 Å². The van der Waals surface area contributed by atoms with Gasteiger partial charge in [0.05, 0.1) is 6.61 Å². The van der Waals surface area contributed by atoms with Crippen LogP contribution in [0.15, 0.2) is 66.7 Å². The van der Waals surface area contributed by atoms with Crippen molar-refractivity contribution in [3.63, 3.8) is 0 Å². The van der Waals surface area contributed by atoms with E-state index >= 15 is 0 Å². The number of fused-ring (bicyclic) bond motifs is 1. The molecule has 5 heteroatoms. The molecule has 3 aromatic rings. The van der Waals surface area contributed by atoms with E-state index in [4.69, 9.17) is 9.39 Å². The highest BCUT2D eigenvalue weighted by atomic mass is 16.5. The van der Waals surface area contributed by atoms with Gasteiger partial charge in [-0.2, -0.15) is 0 Å². The molecule has 4 nitrogen and oxygen atoms in total. The van der Waals surface area contributed by atoms with E-state index in [2.05, 4.69) is 48.6 Å². The molecule has 27 heavy (non-hydrogen) atoms. The van der Waals surface area contributed by atoms with E-state index in [1.54, 1.807) is 0 Å². The predicted molar refractivity (Wildman–Crippen MR) is 107 cm³/mol. The van der Waals surface area contributed by atoms with Crippen LogP contribution in [0.4, 0.5) is 0 Å². The van der Waals surface area contributed by atoms with Crippen LogP contribution in [0.5, 0.6) is 11.5 Å². The molecule has 0 radical (unpaired) electrons. The van der Waals surface area contributed by atoms with Crippen molar-refractivity contribution in [3.8, 4) is 11.5 Å². The molecule has 1 heterocycles. The highest BCUT2D eigenvalue weighted by Crippen LogP contribution is 2.24. The van der Waals surface area contributed by atoms with Crippen molar-refractivity contribution in [1.29, 1.82) is 0 Å². The van der Waals surface area contributed by atoms with E-state index in [-0.39, 0.29) is 0 Å². The number of hydrogen-bond acceptors (Lipinski definition) is 4. The van der Waals surface area contributed by atoms with Crippen LogP contribution in [0, 0.1) is 6.92 Å². The second-order valence-corrected chi connectivity index (χ2v) is 6.80. The predicted octanol–water partition coefficient (Wildman–Crippen LogP) is 3.29. The Morgan fingerprint density at radius 1 is 1.00 bits per heavy atom. The van der Waals surface area contributed by atoms with E-state index < -0.39 is 7.12 Å². The monoisotopic (exact) mass is 359 g/mol. The van der Waals surface area contributed by atoms with Crippen LogP contribution in [0.3, 0.4) is 0 Å². The first-order valence-electron chi connectivity index (χ1n) is 9.13. The minimum absolute atomic E-state index is 0.416. The first kappa shape index (κ1) is 17.8. The topological polar surface area (TPSA) is 50.7 Å². The average molecular weight is 359 g/mol. The lowest BCUT2D eigenvalue weighted by Gasteiger charge is -2.10. The van der Waals surface area contributed by atoms with Crippen LogP contribution in [0.1, 0.15) is 22.3 Å². The van der Waals surface area contributed by atoms with Gasteiger partial charge in [0.2, 0.25) is 0 Å². The van der Waals surface area contributed by atoms with Crippen molar-refractivity contribution in [2.24, 2.45) is 0 Å². The summed E-state index contributed by atoms with van der Waals surface area (Å²) in [5.74, 6) is 1.54. The molecule has 0 amide bonds. The SMILES string of the molecule is Cc1ccccc1CNCc1ccc(Oc2ccc3c(c2)COB3O)cc1. The van der Waals surface area contributed by atoms with Crippen LogP contribution in [-0.4, -0.2) is 12.1 Å². The van der Waals surface area contributed by atoms with Gasteiger partial charge in [-0.3, -0.25) is 0 Å². The first-order valence-corrected chi connectivity index (χ1v) is 9.13. The third kappa shape index (κ3) is 4.22. The standard InChI is InChI=1S/C22H22BNO3/c1-16-4-2-3-5-18(16)14-24-13-17-6-8-20(9-7-17)27-21-10-11-22-19(12-21)15-26-23(22)25/h2-12,24-25H,13-15H2,1H3. The molecule has 0 aromatic heterocycles. The molecule has 0 unspecified atom stereocenters. The molecule has 2 N–H and O–H groups in total. The van der Waals surface area contributed by atoms with E-state index in [9.17, 15) is 5.02 Å². The van der Waals surface area contributed by atoms with Crippen LogP contribution < -0.4 is 15.5 Å². The van der Waals surface area contributed by atoms with Crippen LogP contribution >= 0.6 is 0 Å². The summed E-state index contributed by atoms with van der Waals surface area (Å²) in [7, 11) is -0.819. The van der Waals surface area contributed by atoms with E-state index in [0.717, 1.165) is 35.6 Å². The fraction of sp³-hybridized carbons (Fsp3) is 0.182. The van der Waals surface area contributed by atoms with Crippen molar-refractivity contribution < 1.29 is 14.4 Å². The average Bonchev–Trinajstić information content (AvgIpc) is 3.05. The van der Waals surface area contributed by atoms with E-state index in [1.165, 1.54) is 16.7 Å². The lowest BCUT2D eigenvalue weighted by molar-refractivity contribution is 0.275. The van der Waals surface area contributed by atoms with Crippen molar-refractivity contribution in [3.05, 3.63) is 89.0 Å². The number of nitrogens with one attached hydrogen (secondary N) is 1. The zero-order valence-electron chi connectivity index (χ0n) is 15.3. The largest absolute Gasteiger partial charge is 0.491 e. The lowest BCUT2D eigenvalue weighted by Crippen LogP contribution is -2.27. The number of aryl methyl sites for hydroxylation is 1. The Labute approximate surface area is 159 Å². The van der Waals surface area contributed by atoms with Gasteiger partial charge in [0.25, 0.3) is 0 Å². The van der Waals surface area contributed by atoms with Gasteiger partial charge in [0.15, 0.2) is 0 Å². The summed E-state index contributed by atoms with van der Waals surface area (Å²) in [6, 6.07) is 22.1. The molecule has 3 aromatic carbocycles. The van der Waals surface area contributed by atoms with Crippen molar-refractivity contribution >= 4 is 12.6 Å². The molecule has 0 bridgehead atoms. The molecule has 0 saturated carbocycles. The van der Waals surface area contributed by atoms with Gasteiger partial charge in [-0.25, -0.2) is 0 Å². The molecule has 0 fully saturated rings. The summed E-state index contributed by atoms with van der Waals surface area (Å²) in [5.41, 5.74) is 5.63. The minimum Gasteiger partial charge on any atom is -0.457 e. The molecular weight excluding hydrogens is 337 g/mol. The minimum atomic E-state index is -0.819. The van der Waals surface area contributed by atoms with Gasteiger partial charge in [0.1, 0.15) is 11.5 Å². The maximum absolute atomic E-state index is 9.68. The molecule has 0 spiro atoms. The molecular formula is C22H22BNO3. The van der Waals surface area contributed by atoms with Crippen LogP contribution in [-0.2, 0) is 24.4 Å². The molecule has 136 valence electrons. The Balaban J connectivity index is 1.33. The Morgan fingerprint density at radius 2 is 1.78 bits per heavy atom. The zero-order valence-corrected chi connectivity index (χ0v) is 15.3. The van der Waals surface area contributed by atoms with Gasteiger partial charge >= 0.3 is 7.12 Å². The molecule has 0 aliphatic carbocycles. The Morgan fingerprint density at radius 3 is 2.59 bits per heavy atom. The summed E-state index contributed by atoms with van der Waals surface area (Å²) in [6.07, 6.45) is 0. The summed E-state index contributed by atoms with van der Waals surface area (Å²) < 4.78 is 11.1. The number of hydrogen-bond donors (Lipinski definition) is 2. The van der Waals surface area contributed by atoms with E-state index in [0.29, 0.717) is 6.61 Å². The number of rotatable bonds is 6. The zero-order chi connectivity index (χ0) is 18.6. The smallest absolute Gasteiger partial charge is 0.457 e. The molecule has 0 saturated heterocycles. The fourth-order valence-corrected chi connectivity index (χ4v) is 3.23. The number of benzene rings is 3. The third-order valence-electron chi connectivity index (χ3n) is 4.84. The maximum Gasteiger partial charge on any atom is 0.491 e. The second-order valence-electron chi connectivity index (χ2n) is 6.80. The first-order chi connectivity index (χ1) is 13.2. The summed E-state index contributed by atoms with van der Waals surface area (Å²) in [6.45, 7) is 4.21. The van der Waals surface area contributed by atoms with Gasteiger partial charge in [-0.1, -0.05) is 42.5 Å². The third-order valence-corrected chi connectivity index (χ3v) is 4.84. The Kier molecular flexibility index (Phi) is 5.25. The Bertz CT molecular complexity index is 927. The summed E-state index contributed by atoms with van der Waals surface area (Å²) in [5, 5.41) is 13.2. The molecule has 1 aliphatic heterocycles. The van der Waals surface area contributed by atoms with Crippen molar-refractivity contribution in [2.45, 2.75) is 26.6 Å². The fourth-order valence-electron chi connectivity index (χ4n) is 3.23. The normalized spacial score (nSPS) is 12.9. The second kappa shape index (κ2) is 7.97. The molecule has 1 aliphatic rings. The summed E-state index contributed by atoms with van der Waals surface area (Å²) >= 11 is 0. The van der Waals surface area contributed by atoms with Crippen LogP contribution in [0.2, 0.25) is 0 Å².